The van der Waals surface area contributed by atoms with E-state index >= 15 is 0 Å². The van der Waals surface area contributed by atoms with E-state index in [0.717, 1.165) is 29.7 Å². The van der Waals surface area contributed by atoms with Crippen molar-refractivity contribution in [2.45, 2.75) is 19.4 Å². The van der Waals surface area contributed by atoms with Crippen molar-refractivity contribution in [1.82, 2.24) is 9.88 Å². The van der Waals surface area contributed by atoms with Crippen molar-refractivity contribution in [2.75, 3.05) is 6.54 Å². The van der Waals surface area contributed by atoms with E-state index in [-0.39, 0.29) is 17.5 Å². The Balaban J connectivity index is 1.71. The minimum atomic E-state index is -0.978. The molecule has 5 nitrogen and oxygen atoms in total. The zero-order valence-corrected chi connectivity index (χ0v) is 14.9. The van der Waals surface area contributed by atoms with Gasteiger partial charge in [0.25, 0.3) is 0 Å². The summed E-state index contributed by atoms with van der Waals surface area (Å²) in [4.78, 5) is 27.7. The Labute approximate surface area is 155 Å². The van der Waals surface area contributed by atoms with Crippen molar-refractivity contribution in [3.63, 3.8) is 0 Å². The fraction of sp³-hybridized carbons (Fsp3) is 0.200. The lowest BCUT2D eigenvalue weighted by atomic mass is 9.92. The number of nitrogens with zero attached hydrogens (tertiary/aromatic N) is 1. The van der Waals surface area contributed by atoms with Crippen LogP contribution in [0.3, 0.4) is 0 Å². The van der Waals surface area contributed by atoms with Crippen molar-refractivity contribution in [3.05, 3.63) is 58.7 Å². The van der Waals surface area contributed by atoms with Crippen LogP contribution >= 0.6 is 11.6 Å². The van der Waals surface area contributed by atoms with Crippen LogP contribution < -0.4 is 0 Å². The molecular weight excluding hydrogens is 352 g/mol. The molecule has 3 aromatic rings. The number of aromatic carboxylic acids is 1. The number of aromatic nitrogens is 1. The molecule has 0 saturated carbocycles. The second-order valence-corrected chi connectivity index (χ2v) is 6.93. The van der Waals surface area contributed by atoms with Crippen LogP contribution in [0.25, 0.3) is 22.0 Å². The molecule has 1 aromatic heterocycles. The van der Waals surface area contributed by atoms with Crippen molar-refractivity contribution < 1.29 is 14.7 Å². The topological polar surface area (TPSA) is 73.4 Å². The van der Waals surface area contributed by atoms with Gasteiger partial charge in [-0.3, -0.25) is 4.79 Å². The Morgan fingerprint density at radius 1 is 1.23 bits per heavy atom. The summed E-state index contributed by atoms with van der Waals surface area (Å²) in [6.07, 6.45) is 2.44. The summed E-state index contributed by atoms with van der Waals surface area (Å²) in [5.41, 5.74) is 3.71. The molecule has 1 fully saturated rings. The molecule has 1 aliphatic rings. The molecule has 0 bridgehead atoms. The van der Waals surface area contributed by atoms with Crippen molar-refractivity contribution in [2.24, 2.45) is 0 Å². The van der Waals surface area contributed by atoms with Crippen LogP contribution in [0.4, 0.5) is 0 Å². The predicted octanol–water partition coefficient (Wildman–Crippen LogP) is 4.48. The van der Waals surface area contributed by atoms with E-state index in [1.54, 1.807) is 19.1 Å². The second kappa shape index (κ2) is 6.18. The largest absolute Gasteiger partial charge is 0.478 e. The number of carboxylic acid groups (broad SMARTS) is 1. The fourth-order valence-corrected chi connectivity index (χ4v) is 3.81. The van der Waals surface area contributed by atoms with Crippen molar-refractivity contribution in [3.8, 4) is 11.1 Å². The first-order valence-electron chi connectivity index (χ1n) is 8.37. The van der Waals surface area contributed by atoms with E-state index in [4.69, 9.17) is 11.6 Å². The van der Waals surface area contributed by atoms with Gasteiger partial charge in [-0.2, -0.15) is 0 Å². The van der Waals surface area contributed by atoms with Gasteiger partial charge in [-0.25, -0.2) is 4.79 Å². The summed E-state index contributed by atoms with van der Waals surface area (Å²) in [6.45, 7) is 2.39. The molecule has 1 atom stereocenters. The number of carbonyl (C=O) groups excluding carboxylic acids is 1. The number of likely N-dealkylation sites (tertiary alicyclic amines) is 1. The van der Waals surface area contributed by atoms with Gasteiger partial charge in [-0.15, -0.1) is 0 Å². The minimum absolute atomic E-state index is 0.0903. The van der Waals surface area contributed by atoms with Gasteiger partial charge in [0, 0.05) is 36.1 Å². The zero-order chi connectivity index (χ0) is 18.4. The molecule has 2 heterocycles. The van der Waals surface area contributed by atoms with Crippen LogP contribution in [-0.2, 0) is 4.79 Å². The molecule has 26 heavy (non-hydrogen) atoms. The second-order valence-electron chi connectivity index (χ2n) is 6.52. The van der Waals surface area contributed by atoms with Gasteiger partial charge >= 0.3 is 5.97 Å². The quantitative estimate of drug-likeness (QED) is 0.715. The maximum atomic E-state index is 11.6. The Bertz CT molecular complexity index is 1020. The number of carboxylic acids is 1. The van der Waals surface area contributed by atoms with Gasteiger partial charge in [-0.1, -0.05) is 35.9 Å². The number of benzene rings is 2. The number of nitrogens with one attached hydrogen (secondary N) is 1. The first-order chi connectivity index (χ1) is 12.5. The lowest BCUT2D eigenvalue weighted by Crippen LogP contribution is -2.43. The Hall–Kier alpha value is -2.79. The van der Waals surface area contributed by atoms with Crippen LogP contribution in [0.2, 0.25) is 5.02 Å². The summed E-state index contributed by atoms with van der Waals surface area (Å²) in [7, 11) is 0. The summed E-state index contributed by atoms with van der Waals surface area (Å²) in [5, 5.41) is 10.5. The van der Waals surface area contributed by atoms with Gasteiger partial charge < -0.3 is 15.0 Å². The summed E-state index contributed by atoms with van der Waals surface area (Å²) in [5.74, 6) is -0.887. The smallest absolute Gasteiger partial charge is 0.337 e. The van der Waals surface area contributed by atoms with E-state index in [1.165, 1.54) is 6.20 Å². The first kappa shape index (κ1) is 16.7. The number of fused-ring (bicyclic) bond motifs is 1. The summed E-state index contributed by atoms with van der Waals surface area (Å²) >= 11 is 6.41. The van der Waals surface area contributed by atoms with Crippen molar-refractivity contribution in [1.29, 1.82) is 0 Å². The lowest BCUT2D eigenvalue weighted by Gasteiger charge is -2.40. The molecule has 2 aromatic carbocycles. The standard InChI is InChI=1S/C20H17ClN2O3/c1-11(24)23-7-6-19(23)13-4-2-12(3-5-13)14-8-15-16(20(25)26)10-22-18(15)9-17(14)21/h2-5,8-10,19,22H,6-7H2,1H3,(H,25,26)/t19-/m1/s1. The number of hydrogen-bond acceptors (Lipinski definition) is 2. The number of halogens is 1. The number of H-pyrrole nitrogens is 1. The highest BCUT2D eigenvalue weighted by Gasteiger charge is 2.31. The monoisotopic (exact) mass is 368 g/mol. The third-order valence-corrected chi connectivity index (χ3v) is 5.34. The van der Waals surface area contributed by atoms with Crippen molar-refractivity contribution >= 4 is 34.4 Å². The number of hydrogen-bond donors (Lipinski definition) is 2. The normalized spacial score (nSPS) is 16.5. The number of carbonyl (C=O) groups is 2. The molecule has 0 unspecified atom stereocenters. The molecule has 1 aliphatic heterocycles. The van der Waals surface area contributed by atoms with Crippen LogP contribution in [0.5, 0.6) is 0 Å². The fourth-order valence-electron chi connectivity index (χ4n) is 3.54. The SMILES string of the molecule is CC(=O)N1CC[C@@H]1c1ccc(-c2cc3c(C(=O)O)c[nH]c3cc2Cl)cc1. The van der Waals surface area contributed by atoms with E-state index in [9.17, 15) is 14.7 Å². The maximum Gasteiger partial charge on any atom is 0.337 e. The third kappa shape index (κ3) is 2.65. The molecule has 1 saturated heterocycles. The van der Waals surface area contributed by atoms with E-state index in [1.807, 2.05) is 29.2 Å². The minimum Gasteiger partial charge on any atom is -0.478 e. The van der Waals surface area contributed by atoms with Crippen LogP contribution in [0.1, 0.15) is 35.3 Å². The molecule has 4 rings (SSSR count). The van der Waals surface area contributed by atoms with Gasteiger partial charge in [-0.05, 0) is 29.7 Å². The average molecular weight is 369 g/mol. The highest BCUT2D eigenvalue weighted by Crippen LogP contribution is 2.37. The Morgan fingerprint density at radius 3 is 2.54 bits per heavy atom. The highest BCUT2D eigenvalue weighted by molar-refractivity contribution is 6.34. The predicted molar refractivity (Wildman–Crippen MR) is 100 cm³/mol. The third-order valence-electron chi connectivity index (χ3n) is 5.03. The molecular formula is C20H17ClN2O3. The molecule has 0 radical (unpaired) electrons. The zero-order valence-electron chi connectivity index (χ0n) is 14.1. The summed E-state index contributed by atoms with van der Waals surface area (Å²) < 4.78 is 0. The van der Waals surface area contributed by atoms with Gasteiger partial charge in [0.2, 0.25) is 5.91 Å². The van der Waals surface area contributed by atoms with Crippen LogP contribution in [0.15, 0.2) is 42.6 Å². The Morgan fingerprint density at radius 2 is 1.96 bits per heavy atom. The van der Waals surface area contributed by atoms with Crippen LogP contribution in [0, 0.1) is 0 Å². The molecule has 2 N–H and O–H groups in total. The maximum absolute atomic E-state index is 11.6. The van der Waals surface area contributed by atoms with E-state index in [0.29, 0.717) is 15.9 Å². The van der Waals surface area contributed by atoms with E-state index in [2.05, 4.69) is 4.98 Å². The Kier molecular flexibility index (Phi) is 3.96. The molecule has 0 spiro atoms. The average Bonchev–Trinajstić information content (AvgIpc) is 2.96. The number of aromatic amines is 1. The molecule has 1 amide bonds. The molecule has 132 valence electrons. The van der Waals surface area contributed by atoms with Gasteiger partial charge in [0.05, 0.1) is 16.6 Å². The van der Waals surface area contributed by atoms with E-state index < -0.39 is 5.97 Å². The van der Waals surface area contributed by atoms with Gasteiger partial charge in [0.1, 0.15) is 0 Å². The van der Waals surface area contributed by atoms with Gasteiger partial charge in [0.15, 0.2) is 0 Å². The van der Waals surface area contributed by atoms with Crippen LogP contribution in [-0.4, -0.2) is 33.4 Å². The number of rotatable bonds is 3. The first-order valence-corrected chi connectivity index (χ1v) is 8.75. The highest BCUT2D eigenvalue weighted by atomic mass is 35.5. The lowest BCUT2D eigenvalue weighted by molar-refractivity contribution is -0.136. The molecule has 6 heteroatoms. The summed E-state index contributed by atoms with van der Waals surface area (Å²) in [6, 6.07) is 11.6. The number of amides is 1. The molecule has 0 aliphatic carbocycles.